The minimum atomic E-state index is -0.592. The van der Waals surface area contributed by atoms with Gasteiger partial charge in [0.05, 0.1) is 13.2 Å². The van der Waals surface area contributed by atoms with E-state index in [-0.39, 0.29) is 13.2 Å². The summed E-state index contributed by atoms with van der Waals surface area (Å²) in [5, 5.41) is 19.7. The van der Waals surface area contributed by atoms with E-state index in [4.69, 9.17) is 0 Å². The lowest BCUT2D eigenvalue weighted by molar-refractivity contribution is 0.114. The van der Waals surface area contributed by atoms with Crippen LogP contribution in [-0.4, -0.2) is 29.2 Å². The van der Waals surface area contributed by atoms with E-state index in [2.05, 4.69) is 28.1 Å². The first-order valence-corrected chi connectivity index (χ1v) is 8.64. The van der Waals surface area contributed by atoms with E-state index in [0.29, 0.717) is 0 Å². The number of halogens is 1. The Bertz CT molecular complexity index is 556. The molecule has 0 radical (unpaired) electrons. The topological polar surface area (TPSA) is 40.5 Å². The minimum Gasteiger partial charge on any atom is -0.395 e. The van der Waals surface area contributed by atoms with Crippen molar-refractivity contribution in [1.29, 1.82) is 0 Å². The molecule has 21 heavy (non-hydrogen) atoms. The summed E-state index contributed by atoms with van der Waals surface area (Å²) in [4.78, 5) is 1.21. The van der Waals surface area contributed by atoms with Gasteiger partial charge < -0.3 is 10.2 Å². The van der Waals surface area contributed by atoms with Gasteiger partial charge in [0.1, 0.15) is 0 Å². The molecule has 0 amide bonds. The molecule has 112 valence electrons. The fourth-order valence-electron chi connectivity index (χ4n) is 2.23. The van der Waals surface area contributed by atoms with Gasteiger partial charge in [-0.2, -0.15) is 0 Å². The molecule has 0 spiro atoms. The smallest absolute Gasteiger partial charge is 0.0550 e. The molecule has 2 aromatic rings. The van der Waals surface area contributed by atoms with Gasteiger partial charge in [0.2, 0.25) is 0 Å². The van der Waals surface area contributed by atoms with Crippen LogP contribution in [-0.2, 0) is 5.41 Å². The Morgan fingerprint density at radius 2 is 1.67 bits per heavy atom. The van der Waals surface area contributed by atoms with Crippen LogP contribution in [0.15, 0.2) is 64.0 Å². The summed E-state index contributed by atoms with van der Waals surface area (Å²) in [6, 6.07) is 18.0. The molecule has 0 bridgehead atoms. The van der Waals surface area contributed by atoms with Crippen molar-refractivity contribution in [2.75, 3.05) is 19.0 Å². The normalized spacial score (nSPS) is 11.6. The zero-order chi connectivity index (χ0) is 15.1. The highest BCUT2D eigenvalue weighted by atomic mass is 79.9. The highest BCUT2D eigenvalue weighted by molar-refractivity contribution is 9.10. The average Bonchev–Trinajstić information content (AvgIpc) is 2.53. The second kappa shape index (κ2) is 7.99. The van der Waals surface area contributed by atoms with Gasteiger partial charge in [-0.05, 0) is 42.0 Å². The third-order valence-corrected chi connectivity index (χ3v) is 5.14. The summed E-state index contributed by atoms with van der Waals surface area (Å²) in [5.41, 5.74) is 0.376. The van der Waals surface area contributed by atoms with Crippen molar-refractivity contribution in [2.24, 2.45) is 0 Å². The highest BCUT2D eigenvalue weighted by Gasteiger charge is 2.30. The number of aliphatic hydroxyl groups excluding tert-OH is 2. The van der Waals surface area contributed by atoms with Crippen LogP contribution in [0.2, 0.25) is 0 Å². The van der Waals surface area contributed by atoms with Gasteiger partial charge >= 0.3 is 0 Å². The third-order valence-electron chi connectivity index (χ3n) is 3.63. The Labute approximate surface area is 138 Å². The van der Waals surface area contributed by atoms with Crippen LogP contribution in [0.1, 0.15) is 12.0 Å². The van der Waals surface area contributed by atoms with Gasteiger partial charge in [0, 0.05) is 14.8 Å². The minimum absolute atomic E-state index is 0.0602. The molecule has 0 heterocycles. The summed E-state index contributed by atoms with van der Waals surface area (Å²) in [7, 11) is 0. The van der Waals surface area contributed by atoms with Gasteiger partial charge in [0.15, 0.2) is 0 Å². The zero-order valence-corrected chi connectivity index (χ0v) is 14.1. The molecule has 0 aliphatic rings. The molecule has 2 aromatic carbocycles. The van der Waals surface area contributed by atoms with Gasteiger partial charge in [-0.1, -0.05) is 46.3 Å². The Kier molecular flexibility index (Phi) is 6.30. The fraction of sp³-hybridized carbons (Fsp3) is 0.294. The number of aliphatic hydroxyl groups is 2. The largest absolute Gasteiger partial charge is 0.395 e. The van der Waals surface area contributed by atoms with Crippen LogP contribution in [0.5, 0.6) is 0 Å². The Morgan fingerprint density at radius 1 is 0.952 bits per heavy atom. The summed E-state index contributed by atoms with van der Waals surface area (Å²) in [6.07, 6.45) is 0.718. The van der Waals surface area contributed by atoms with Crippen LogP contribution in [0, 0.1) is 0 Å². The van der Waals surface area contributed by atoms with E-state index in [1.54, 1.807) is 11.8 Å². The van der Waals surface area contributed by atoms with Crippen LogP contribution in [0.25, 0.3) is 0 Å². The maximum Gasteiger partial charge on any atom is 0.0550 e. The number of hydrogen-bond donors (Lipinski definition) is 2. The van der Waals surface area contributed by atoms with Crippen molar-refractivity contribution in [3.63, 3.8) is 0 Å². The number of benzene rings is 2. The van der Waals surface area contributed by atoms with E-state index in [1.165, 1.54) is 4.90 Å². The molecule has 4 heteroatoms. The Balaban J connectivity index is 2.08. The average molecular weight is 367 g/mol. The van der Waals surface area contributed by atoms with Crippen LogP contribution >= 0.6 is 27.7 Å². The molecule has 0 aliphatic carbocycles. The van der Waals surface area contributed by atoms with Crippen molar-refractivity contribution in [3.05, 3.63) is 64.6 Å². The third kappa shape index (κ3) is 4.33. The van der Waals surface area contributed by atoms with Crippen molar-refractivity contribution >= 4 is 27.7 Å². The molecular weight excluding hydrogens is 348 g/mol. The predicted molar refractivity (Wildman–Crippen MR) is 91.8 cm³/mol. The van der Waals surface area contributed by atoms with Crippen molar-refractivity contribution in [1.82, 2.24) is 0 Å². The van der Waals surface area contributed by atoms with Crippen LogP contribution in [0.3, 0.4) is 0 Å². The second-order valence-electron chi connectivity index (χ2n) is 5.02. The summed E-state index contributed by atoms with van der Waals surface area (Å²) in [5.74, 6) is 0.845. The molecule has 0 aromatic heterocycles. The molecule has 2 N–H and O–H groups in total. The number of thioether (sulfide) groups is 1. The maximum atomic E-state index is 9.83. The summed E-state index contributed by atoms with van der Waals surface area (Å²) < 4.78 is 0.960. The first kappa shape index (κ1) is 16.6. The monoisotopic (exact) mass is 366 g/mol. The Morgan fingerprint density at radius 3 is 2.29 bits per heavy atom. The lowest BCUT2D eigenvalue weighted by Crippen LogP contribution is -2.35. The SMILES string of the molecule is OCC(CO)(CCSc1ccccc1)c1cccc(Br)c1. The quantitative estimate of drug-likeness (QED) is 0.731. The van der Waals surface area contributed by atoms with Crippen molar-refractivity contribution in [3.8, 4) is 0 Å². The second-order valence-corrected chi connectivity index (χ2v) is 7.10. The maximum absolute atomic E-state index is 9.83. The zero-order valence-electron chi connectivity index (χ0n) is 11.7. The van der Waals surface area contributed by atoms with Crippen LogP contribution in [0.4, 0.5) is 0 Å². The number of hydrogen-bond acceptors (Lipinski definition) is 3. The molecular formula is C17H19BrO2S. The van der Waals surface area contributed by atoms with E-state index in [0.717, 1.165) is 22.2 Å². The van der Waals surface area contributed by atoms with E-state index in [9.17, 15) is 10.2 Å². The lowest BCUT2D eigenvalue weighted by atomic mass is 9.79. The molecule has 0 atom stereocenters. The first-order chi connectivity index (χ1) is 10.2. The van der Waals surface area contributed by atoms with Gasteiger partial charge in [0.25, 0.3) is 0 Å². The van der Waals surface area contributed by atoms with Crippen molar-refractivity contribution < 1.29 is 10.2 Å². The lowest BCUT2D eigenvalue weighted by Gasteiger charge is -2.30. The molecule has 2 nitrogen and oxygen atoms in total. The van der Waals surface area contributed by atoms with Gasteiger partial charge in [-0.25, -0.2) is 0 Å². The Hall–Kier alpha value is -0.810. The first-order valence-electron chi connectivity index (χ1n) is 6.86. The van der Waals surface area contributed by atoms with E-state index >= 15 is 0 Å². The predicted octanol–water partition coefficient (Wildman–Crippen LogP) is 3.85. The van der Waals surface area contributed by atoms with Gasteiger partial charge in [-0.3, -0.25) is 0 Å². The van der Waals surface area contributed by atoms with Crippen LogP contribution < -0.4 is 0 Å². The molecule has 0 unspecified atom stereocenters. The fourth-order valence-corrected chi connectivity index (χ4v) is 3.71. The molecule has 0 saturated heterocycles. The molecule has 0 saturated carbocycles. The molecule has 2 rings (SSSR count). The van der Waals surface area contributed by atoms with E-state index in [1.807, 2.05) is 42.5 Å². The van der Waals surface area contributed by atoms with Gasteiger partial charge in [-0.15, -0.1) is 11.8 Å². The number of rotatable bonds is 7. The van der Waals surface area contributed by atoms with Crippen molar-refractivity contribution in [2.45, 2.75) is 16.7 Å². The molecule has 0 fully saturated rings. The highest BCUT2D eigenvalue weighted by Crippen LogP contribution is 2.32. The summed E-state index contributed by atoms with van der Waals surface area (Å²) >= 11 is 5.19. The standard InChI is InChI=1S/C17H19BrO2S/c18-15-6-4-5-14(11-15)17(12-19,13-20)9-10-21-16-7-2-1-3-8-16/h1-8,11,19-20H,9-10,12-13H2. The van der Waals surface area contributed by atoms with E-state index < -0.39 is 5.41 Å². The summed E-state index contributed by atoms with van der Waals surface area (Å²) in [6.45, 7) is -0.120. The molecule has 0 aliphatic heterocycles.